The second kappa shape index (κ2) is 3.39. The van der Waals surface area contributed by atoms with Crippen LogP contribution in [0.5, 0.6) is 0 Å². The molecular weight excluding hydrogens is 174 g/mol. The van der Waals surface area contributed by atoms with Crippen LogP contribution in [0.4, 0.5) is 0 Å². The van der Waals surface area contributed by atoms with Crippen molar-refractivity contribution in [3.8, 4) is 0 Å². The summed E-state index contributed by atoms with van der Waals surface area (Å²) in [7, 11) is 2.05. The van der Waals surface area contributed by atoms with Crippen molar-refractivity contribution < 1.29 is 0 Å². The number of nitrogens with two attached hydrogens (primary N) is 1. The number of imidazole rings is 1. The molecule has 2 rings (SSSR count). The third kappa shape index (κ3) is 1.69. The monoisotopic (exact) mass is 193 g/mol. The van der Waals surface area contributed by atoms with Crippen molar-refractivity contribution in [1.82, 2.24) is 9.55 Å². The first-order valence-electron chi connectivity index (χ1n) is 5.35. The zero-order valence-corrected chi connectivity index (χ0v) is 9.25. The van der Waals surface area contributed by atoms with E-state index in [4.69, 9.17) is 5.73 Å². The molecule has 3 nitrogen and oxygen atoms in total. The third-order valence-electron chi connectivity index (χ3n) is 3.18. The van der Waals surface area contributed by atoms with Crippen LogP contribution in [0.2, 0.25) is 0 Å². The van der Waals surface area contributed by atoms with Crippen LogP contribution in [0.3, 0.4) is 0 Å². The second-order valence-corrected chi connectivity index (χ2v) is 4.47. The molecule has 3 heteroatoms. The highest BCUT2D eigenvalue weighted by molar-refractivity contribution is 5.19. The average Bonchev–Trinajstić information content (AvgIpc) is 2.83. The van der Waals surface area contributed by atoms with E-state index in [2.05, 4.69) is 23.5 Å². The van der Waals surface area contributed by atoms with E-state index in [-0.39, 0.29) is 6.04 Å². The van der Waals surface area contributed by atoms with Crippen LogP contribution >= 0.6 is 0 Å². The van der Waals surface area contributed by atoms with E-state index in [9.17, 15) is 0 Å². The summed E-state index contributed by atoms with van der Waals surface area (Å²) in [6.07, 6.45) is 3.85. The summed E-state index contributed by atoms with van der Waals surface area (Å²) >= 11 is 0. The fourth-order valence-electron chi connectivity index (χ4n) is 2.13. The number of aromatic nitrogens is 2. The Morgan fingerprint density at radius 3 is 2.57 bits per heavy atom. The molecule has 0 aromatic carbocycles. The average molecular weight is 193 g/mol. The maximum absolute atomic E-state index is 6.19. The zero-order valence-electron chi connectivity index (χ0n) is 9.25. The van der Waals surface area contributed by atoms with Crippen LogP contribution in [-0.2, 0) is 7.05 Å². The quantitative estimate of drug-likeness (QED) is 0.796. The van der Waals surface area contributed by atoms with Gasteiger partial charge in [-0.05, 0) is 26.2 Å². The summed E-state index contributed by atoms with van der Waals surface area (Å²) in [5.41, 5.74) is 8.50. The van der Waals surface area contributed by atoms with Gasteiger partial charge >= 0.3 is 0 Å². The molecule has 1 saturated carbocycles. The number of hydrogen-bond donors (Lipinski definition) is 1. The van der Waals surface area contributed by atoms with Gasteiger partial charge in [-0.25, -0.2) is 4.98 Å². The number of aryl methyl sites for hydroxylation is 2. The molecule has 0 amide bonds. The lowest BCUT2D eigenvalue weighted by Crippen LogP contribution is -2.16. The van der Waals surface area contributed by atoms with E-state index in [0.717, 1.165) is 23.9 Å². The summed E-state index contributed by atoms with van der Waals surface area (Å²) in [6.45, 7) is 4.08. The standard InChI is InChI=1S/C11H19N3/c1-7-11(14(3)8(2)13-7)10(12)6-9-4-5-9/h9-10H,4-6,12H2,1-3H3. The highest BCUT2D eigenvalue weighted by Crippen LogP contribution is 2.37. The molecule has 1 atom stereocenters. The Morgan fingerprint density at radius 2 is 2.14 bits per heavy atom. The van der Waals surface area contributed by atoms with Gasteiger partial charge in [0.1, 0.15) is 5.82 Å². The molecule has 0 bridgehead atoms. The number of rotatable bonds is 3. The normalized spacial score (nSPS) is 18.6. The van der Waals surface area contributed by atoms with Crippen molar-refractivity contribution in [2.45, 2.75) is 39.2 Å². The van der Waals surface area contributed by atoms with Crippen LogP contribution in [-0.4, -0.2) is 9.55 Å². The fraction of sp³-hybridized carbons (Fsp3) is 0.727. The predicted molar refractivity (Wildman–Crippen MR) is 57.0 cm³/mol. The largest absolute Gasteiger partial charge is 0.334 e. The van der Waals surface area contributed by atoms with Crippen LogP contribution in [0, 0.1) is 19.8 Å². The second-order valence-electron chi connectivity index (χ2n) is 4.47. The highest BCUT2D eigenvalue weighted by atomic mass is 15.1. The molecule has 1 unspecified atom stereocenters. The molecule has 0 radical (unpaired) electrons. The van der Waals surface area contributed by atoms with Crippen molar-refractivity contribution >= 4 is 0 Å². The lowest BCUT2D eigenvalue weighted by Gasteiger charge is -2.13. The molecule has 0 aliphatic heterocycles. The smallest absolute Gasteiger partial charge is 0.105 e. The number of nitrogens with zero attached hydrogens (tertiary/aromatic N) is 2. The zero-order chi connectivity index (χ0) is 10.3. The van der Waals surface area contributed by atoms with Gasteiger partial charge in [-0.3, -0.25) is 0 Å². The van der Waals surface area contributed by atoms with Gasteiger partial charge < -0.3 is 10.3 Å². The summed E-state index contributed by atoms with van der Waals surface area (Å²) in [5.74, 6) is 1.93. The first-order chi connectivity index (χ1) is 6.59. The molecule has 0 spiro atoms. The first-order valence-corrected chi connectivity index (χ1v) is 5.35. The minimum atomic E-state index is 0.175. The molecule has 1 aliphatic carbocycles. The van der Waals surface area contributed by atoms with E-state index in [0.29, 0.717) is 0 Å². The molecule has 1 aliphatic rings. The van der Waals surface area contributed by atoms with Crippen LogP contribution in [0.1, 0.15) is 42.5 Å². The highest BCUT2D eigenvalue weighted by Gasteiger charge is 2.26. The maximum atomic E-state index is 6.19. The van der Waals surface area contributed by atoms with E-state index in [1.807, 2.05) is 6.92 Å². The Morgan fingerprint density at radius 1 is 1.50 bits per heavy atom. The van der Waals surface area contributed by atoms with Crippen molar-refractivity contribution in [2.75, 3.05) is 0 Å². The predicted octanol–water partition coefficient (Wildman–Crippen LogP) is 1.84. The van der Waals surface area contributed by atoms with Gasteiger partial charge in [0.25, 0.3) is 0 Å². The van der Waals surface area contributed by atoms with E-state index >= 15 is 0 Å². The Bertz CT molecular complexity index is 337. The summed E-state index contributed by atoms with van der Waals surface area (Å²) in [6, 6.07) is 0.175. The van der Waals surface area contributed by atoms with Crippen LogP contribution in [0.15, 0.2) is 0 Å². The fourth-order valence-corrected chi connectivity index (χ4v) is 2.13. The maximum Gasteiger partial charge on any atom is 0.105 e. The summed E-state index contributed by atoms with van der Waals surface area (Å²) < 4.78 is 2.13. The summed E-state index contributed by atoms with van der Waals surface area (Å²) in [5, 5.41) is 0. The lowest BCUT2D eigenvalue weighted by atomic mass is 10.1. The van der Waals surface area contributed by atoms with E-state index in [1.54, 1.807) is 0 Å². The van der Waals surface area contributed by atoms with Gasteiger partial charge in [-0.2, -0.15) is 0 Å². The first kappa shape index (κ1) is 9.71. The topological polar surface area (TPSA) is 43.8 Å². The van der Waals surface area contributed by atoms with Gasteiger partial charge in [0, 0.05) is 13.1 Å². The van der Waals surface area contributed by atoms with E-state index < -0.39 is 0 Å². The number of hydrogen-bond acceptors (Lipinski definition) is 2. The molecule has 78 valence electrons. The van der Waals surface area contributed by atoms with Crippen molar-refractivity contribution in [2.24, 2.45) is 18.7 Å². The molecule has 1 aromatic rings. The van der Waals surface area contributed by atoms with Gasteiger partial charge in [0.05, 0.1) is 11.4 Å². The van der Waals surface area contributed by atoms with Crippen molar-refractivity contribution in [1.29, 1.82) is 0 Å². The van der Waals surface area contributed by atoms with Crippen LogP contribution in [0.25, 0.3) is 0 Å². The van der Waals surface area contributed by atoms with Gasteiger partial charge in [0.15, 0.2) is 0 Å². The molecule has 1 fully saturated rings. The Balaban J connectivity index is 2.20. The van der Waals surface area contributed by atoms with Crippen molar-refractivity contribution in [3.05, 3.63) is 17.2 Å². The Labute approximate surface area is 85.3 Å². The molecule has 0 saturated heterocycles. The minimum absolute atomic E-state index is 0.175. The molecular formula is C11H19N3. The SMILES string of the molecule is Cc1nc(C)n(C)c1C(N)CC1CC1. The van der Waals surface area contributed by atoms with E-state index in [1.165, 1.54) is 18.5 Å². The molecule has 2 N–H and O–H groups in total. The Kier molecular flexibility index (Phi) is 2.35. The third-order valence-corrected chi connectivity index (χ3v) is 3.18. The van der Waals surface area contributed by atoms with Crippen molar-refractivity contribution in [3.63, 3.8) is 0 Å². The van der Waals surface area contributed by atoms with Gasteiger partial charge in [0.2, 0.25) is 0 Å². The van der Waals surface area contributed by atoms with Crippen LogP contribution < -0.4 is 5.73 Å². The minimum Gasteiger partial charge on any atom is -0.334 e. The van der Waals surface area contributed by atoms with Gasteiger partial charge in [-0.15, -0.1) is 0 Å². The summed E-state index contributed by atoms with van der Waals surface area (Å²) in [4.78, 5) is 4.44. The molecule has 1 heterocycles. The lowest BCUT2D eigenvalue weighted by molar-refractivity contribution is 0.560. The molecule has 14 heavy (non-hydrogen) atoms. The Hall–Kier alpha value is -0.830. The molecule has 1 aromatic heterocycles. The van der Waals surface area contributed by atoms with Gasteiger partial charge in [-0.1, -0.05) is 12.8 Å².